The summed E-state index contributed by atoms with van der Waals surface area (Å²) in [5.74, 6) is -0.313. The van der Waals surface area contributed by atoms with Crippen molar-refractivity contribution in [3.05, 3.63) is 59.9 Å². The SMILES string of the molecule is CCCN1[C@H](C)CN(c2ccnc3c2ccn3Cc2ccc(C(=O)OC)cc2)C[C@@H]1C. The van der Waals surface area contributed by atoms with Crippen molar-refractivity contribution >= 4 is 22.7 Å². The smallest absolute Gasteiger partial charge is 0.337 e. The summed E-state index contributed by atoms with van der Waals surface area (Å²) in [6.45, 7) is 10.8. The third-order valence-electron chi connectivity index (χ3n) is 6.29. The van der Waals surface area contributed by atoms with Gasteiger partial charge in [0.1, 0.15) is 5.65 Å². The van der Waals surface area contributed by atoms with Gasteiger partial charge in [-0.2, -0.15) is 0 Å². The van der Waals surface area contributed by atoms with E-state index in [4.69, 9.17) is 4.74 Å². The van der Waals surface area contributed by atoms with Crippen LogP contribution >= 0.6 is 0 Å². The number of methoxy groups -OCH3 is 1. The van der Waals surface area contributed by atoms with Gasteiger partial charge < -0.3 is 14.2 Å². The molecular formula is C25H32N4O2. The van der Waals surface area contributed by atoms with Crippen molar-refractivity contribution in [2.45, 2.75) is 45.8 Å². The van der Waals surface area contributed by atoms with E-state index < -0.39 is 0 Å². The number of esters is 1. The van der Waals surface area contributed by atoms with E-state index in [1.807, 2.05) is 30.5 Å². The van der Waals surface area contributed by atoms with Crippen LogP contribution in [0.1, 0.15) is 43.1 Å². The standard InChI is InChI=1S/C25H32N4O2/c1-5-13-29-18(2)15-28(16-19(29)3)23-10-12-26-24-22(23)11-14-27(24)17-20-6-8-21(9-7-20)25(30)31-4/h6-12,14,18-19H,5,13,15-17H2,1-4H3/t18-,19+. The lowest BCUT2D eigenvalue weighted by Crippen LogP contribution is -2.56. The zero-order valence-electron chi connectivity index (χ0n) is 18.9. The average molecular weight is 421 g/mol. The molecule has 1 fully saturated rings. The number of pyridine rings is 1. The predicted molar refractivity (Wildman–Crippen MR) is 125 cm³/mol. The van der Waals surface area contributed by atoms with Gasteiger partial charge in [-0.3, -0.25) is 4.90 Å². The van der Waals surface area contributed by atoms with Gasteiger partial charge >= 0.3 is 5.97 Å². The first-order valence-electron chi connectivity index (χ1n) is 11.1. The maximum Gasteiger partial charge on any atom is 0.337 e. The monoisotopic (exact) mass is 420 g/mol. The maximum atomic E-state index is 11.7. The summed E-state index contributed by atoms with van der Waals surface area (Å²) in [5.41, 5.74) is 3.94. The van der Waals surface area contributed by atoms with E-state index in [0.29, 0.717) is 24.2 Å². The fourth-order valence-electron chi connectivity index (χ4n) is 4.79. The van der Waals surface area contributed by atoms with Crippen LogP contribution in [-0.4, -0.2) is 59.2 Å². The van der Waals surface area contributed by atoms with Crippen LogP contribution in [0.3, 0.4) is 0 Å². The second-order valence-corrected chi connectivity index (χ2v) is 8.54. The van der Waals surface area contributed by atoms with Crippen LogP contribution in [0.25, 0.3) is 11.0 Å². The summed E-state index contributed by atoms with van der Waals surface area (Å²) >= 11 is 0. The molecule has 4 rings (SSSR count). The maximum absolute atomic E-state index is 11.7. The summed E-state index contributed by atoms with van der Waals surface area (Å²) in [5, 5.41) is 1.19. The molecule has 6 heteroatoms. The second-order valence-electron chi connectivity index (χ2n) is 8.54. The van der Waals surface area contributed by atoms with Gasteiger partial charge in [0.25, 0.3) is 0 Å². The highest BCUT2D eigenvalue weighted by Crippen LogP contribution is 2.30. The summed E-state index contributed by atoms with van der Waals surface area (Å²) in [6, 6.07) is 12.9. The normalized spacial score (nSPS) is 19.7. The molecular weight excluding hydrogens is 388 g/mol. The number of rotatable bonds is 6. The molecule has 1 aliphatic heterocycles. The average Bonchev–Trinajstić information content (AvgIpc) is 3.19. The minimum Gasteiger partial charge on any atom is -0.465 e. The highest BCUT2D eigenvalue weighted by atomic mass is 16.5. The van der Waals surface area contributed by atoms with Crippen LogP contribution in [0.2, 0.25) is 0 Å². The van der Waals surface area contributed by atoms with E-state index in [9.17, 15) is 4.79 Å². The Labute approximate surface area is 184 Å². The highest BCUT2D eigenvalue weighted by molar-refractivity contribution is 5.90. The number of carbonyl (C=O) groups is 1. The molecule has 2 aromatic heterocycles. The number of fused-ring (bicyclic) bond motifs is 1. The molecule has 0 amide bonds. The van der Waals surface area contributed by atoms with Crippen molar-refractivity contribution < 1.29 is 9.53 Å². The van der Waals surface area contributed by atoms with E-state index >= 15 is 0 Å². The Bertz CT molecular complexity index is 1030. The van der Waals surface area contributed by atoms with Crippen LogP contribution in [-0.2, 0) is 11.3 Å². The lowest BCUT2D eigenvalue weighted by atomic mass is 10.1. The third kappa shape index (κ3) is 4.30. The molecule has 0 saturated carbocycles. The van der Waals surface area contributed by atoms with E-state index in [-0.39, 0.29) is 5.97 Å². The third-order valence-corrected chi connectivity index (χ3v) is 6.29. The molecule has 1 aliphatic rings. The largest absolute Gasteiger partial charge is 0.465 e. The van der Waals surface area contributed by atoms with Crippen molar-refractivity contribution in [2.24, 2.45) is 0 Å². The number of benzene rings is 1. The molecule has 1 aromatic carbocycles. The molecule has 1 saturated heterocycles. The van der Waals surface area contributed by atoms with Gasteiger partial charge in [0.2, 0.25) is 0 Å². The van der Waals surface area contributed by atoms with Crippen LogP contribution in [0.4, 0.5) is 5.69 Å². The number of hydrogen-bond donors (Lipinski definition) is 0. The molecule has 0 radical (unpaired) electrons. The molecule has 6 nitrogen and oxygen atoms in total. The Balaban J connectivity index is 1.57. The lowest BCUT2D eigenvalue weighted by Gasteiger charge is -2.45. The molecule has 2 atom stereocenters. The Morgan fingerprint density at radius 2 is 1.81 bits per heavy atom. The summed E-state index contributed by atoms with van der Waals surface area (Å²) in [7, 11) is 1.40. The van der Waals surface area contributed by atoms with Crippen molar-refractivity contribution in [2.75, 3.05) is 31.6 Å². The fraction of sp³-hybridized carbons (Fsp3) is 0.440. The van der Waals surface area contributed by atoms with Gasteiger partial charge in [0, 0.05) is 55.2 Å². The van der Waals surface area contributed by atoms with Crippen LogP contribution in [0.5, 0.6) is 0 Å². The zero-order valence-corrected chi connectivity index (χ0v) is 18.9. The molecule has 31 heavy (non-hydrogen) atoms. The number of aromatic nitrogens is 2. The molecule has 3 aromatic rings. The van der Waals surface area contributed by atoms with Crippen molar-refractivity contribution in [1.82, 2.24) is 14.5 Å². The van der Waals surface area contributed by atoms with E-state index in [0.717, 1.165) is 30.8 Å². The zero-order chi connectivity index (χ0) is 22.0. The van der Waals surface area contributed by atoms with Gasteiger partial charge in [0.15, 0.2) is 0 Å². The quantitative estimate of drug-likeness (QED) is 0.560. The first-order chi connectivity index (χ1) is 15.0. The lowest BCUT2D eigenvalue weighted by molar-refractivity contribution is 0.0600. The van der Waals surface area contributed by atoms with Crippen molar-refractivity contribution in [3.63, 3.8) is 0 Å². The van der Waals surface area contributed by atoms with Gasteiger partial charge in [-0.05, 0) is 56.6 Å². The van der Waals surface area contributed by atoms with E-state index in [1.165, 1.54) is 24.6 Å². The Morgan fingerprint density at radius 1 is 1.10 bits per heavy atom. The number of carbonyl (C=O) groups excluding carboxylic acids is 1. The summed E-state index contributed by atoms with van der Waals surface area (Å²) in [6.07, 6.45) is 5.22. The first-order valence-corrected chi connectivity index (χ1v) is 11.1. The fourth-order valence-corrected chi connectivity index (χ4v) is 4.79. The van der Waals surface area contributed by atoms with E-state index in [2.05, 4.69) is 58.5 Å². The predicted octanol–water partition coefficient (Wildman–Crippen LogP) is 4.18. The minimum absolute atomic E-state index is 0.313. The topological polar surface area (TPSA) is 50.6 Å². The van der Waals surface area contributed by atoms with Gasteiger partial charge in [0.05, 0.1) is 12.7 Å². The van der Waals surface area contributed by atoms with E-state index in [1.54, 1.807) is 0 Å². The Hall–Kier alpha value is -2.86. The molecule has 0 bridgehead atoms. The van der Waals surface area contributed by atoms with Crippen LogP contribution in [0, 0.1) is 0 Å². The molecule has 3 heterocycles. The highest BCUT2D eigenvalue weighted by Gasteiger charge is 2.29. The number of nitrogens with zero attached hydrogens (tertiary/aromatic N) is 4. The van der Waals surface area contributed by atoms with Gasteiger partial charge in [-0.15, -0.1) is 0 Å². The molecule has 0 aliphatic carbocycles. The van der Waals surface area contributed by atoms with Crippen molar-refractivity contribution in [3.8, 4) is 0 Å². The molecule has 164 valence electrons. The number of hydrogen-bond acceptors (Lipinski definition) is 5. The Morgan fingerprint density at radius 3 is 2.45 bits per heavy atom. The minimum atomic E-state index is -0.313. The van der Waals surface area contributed by atoms with Crippen molar-refractivity contribution in [1.29, 1.82) is 0 Å². The molecule has 0 unspecified atom stereocenters. The second kappa shape index (κ2) is 9.10. The first kappa shape index (κ1) is 21.4. The molecule has 0 spiro atoms. The van der Waals surface area contributed by atoms with Crippen LogP contribution < -0.4 is 4.90 Å². The summed E-state index contributed by atoms with van der Waals surface area (Å²) in [4.78, 5) is 21.5. The summed E-state index contributed by atoms with van der Waals surface area (Å²) < 4.78 is 6.96. The Kier molecular flexibility index (Phi) is 6.28. The number of ether oxygens (including phenoxy) is 1. The van der Waals surface area contributed by atoms with Gasteiger partial charge in [-0.25, -0.2) is 9.78 Å². The number of piperazine rings is 1. The van der Waals surface area contributed by atoms with Crippen LogP contribution in [0.15, 0.2) is 48.8 Å². The number of anilines is 1. The van der Waals surface area contributed by atoms with Gasteiger partial charge in [-0.1, -0.05) is 19.1 Å². The molecule has 0 N–H and O–H groups in total.